The maximum atomic E-state index is 13.2. The lowest BCUT2D eigenvalue weighted by atomic mass is 9.89. The van der Waals surface area contributed by atoms with Gasteiger partial charge in [0.25, 0.3) is 5.91 Å². The fraction of sp³-hybridized carbons (Fsp3) is 0.240. The fourth-order valence-electron chi connectivity index (χ4n) is 4.03. The molecular weight excluding hydrogens is 490 g/mol. The van der Waals surface area contributed by atoms with Crippen LogP contribution in [0.2, 0.25) is 0 Å². The van der Waals surface area contributed by atoms with Crippen LogP contribution in [0.15, 0.2) is 60.7 Å². The summed E-state index contributed by atoms with van der Waals surface area (Å²) in [6.07, 6.45) is -5.79. The summed E-state index contributed by atoms with van der Waals surface area (Å²) in [4.78, 5) is 28.3. The quantitative estimate of drug-likeness (QED) is 0.330. The molecule has 0 bridgehead atoms. The van der Waals surface area contributed by atoms with Crippen molar-refractivity contribution in [2.24, 2.45) is 5.92 Å². The van der Waals surface area contributed by atoms with Crippen LogP contribution in [0.3, 0.4) is 0 Å². The molecule has 1 amide bonds. The van der Waals surface area contributed by atoms with E-state index in [4.69, 9.17) is 0 Å². The Bertz CT molecular complexity index is 1330. The highest BCUT2D eigenvalue weighted by Crippen LogP contribution is 2.38. The molecule has 0 fully saturated rings. The van der Waals surface area contributed by atoms with Gasteiger partial charge in [-0.15, -0.1) is 0 Å². The third kappa shape index (κ3) is 5.34. The number of rotatable bonds is 4. The maximum Gasteiger partial charge on any atom is 0.416 e. The third-order valence-electron chi connectivity index (χ3n) is 5.90. The second-order valence-corrected chi connectivity index (χ2v) is 8.37. The van der Waals surface area contributed by atoms with Crippen molar-refractivity contribution in [2.45, 2.75) is 31.2 Å². The first kappa shape index (κ1) is 25.2. The largest absolute Gasteiger partial charge is 0.481 e. The van der Waals surface area contributed by atoms with Crippen molar-refractivity contribution in [1.29, 1.82) is 0 Å². The van der Waals surface area contributed by atoms with Crippen LogP contribution in [0, 0.1) is 5.92 Å². The van der Waals surface area contributed by atoms with Gasteiger partial charge in [-0.1, -0.05) is 18.2 Å². The van der Waals surface area contributed by atoms with Crippen molar-refractivity contribution < 1.29 is 41.0 Å². The third-order valence-corrected chi connectivity index (χ3v) is 5.90. The topological polar surface area (TPSA) is 79.3 Å². The number of benzene rings is 2. The van der Waals surface area contributed by atoms with Crippen LogP contribution < -0.4 is 5.32 Å². The predicted octanol–water partition coefficient (Wildman–Crippen LogP) is 6.09. The van der Waals surface area contributed by atoms with E-state index < -0.39 is 47.3 Å². The van der Waals surface area contributed by atoms with Gasteiger partial charge in [0, 0.05) is 22.6 Å². The number of nitrogens with one attached hydrogen (secondary N) is 1. The first-order valence-electron chi connectivity index (χ1n) is 10.7. The van der Waals surface area contributed by atoms with Crippen LogP contribution in [0.1, 0.15) is 34.3 Å². The first-order chi connectivity index (χ1) is 16.8. The van der Waals surface area contributed by atoms with Crippen molar-refractivity contribution >= 4 is 22.8 Å². The van der Waals surface area contributed by atoms with Crippen molar-refractivity contribution in [3.63, 3.8) is 0 Å². The zero-order valence-electron chi connectivity index (χ0n) is 18.3. The van der Waals surface area contributed by atoms with E-state index in [0.717, 1.165) is 0 Å². The number of aliphatic carboxylic acids is 1. The number of carboxylic acid groups (broad SMARTS) is 1. The van der Waals surface area contributed by atoms with E-state index in [2.05, 4.69) is 10.3 Å². The molecule has 0 unspecified atom stereocenters. The van der Waals surface area contributed by atoms with Gasteiger partial charge in [-0.05, 0) is 55.3 Å². The molecule has 11 heteroatoms. The van der Waals surface area contributed by atoms with Crippen LogP contribution in [-0.4, -0.2) is 28.0 Å². The Morgan fingerprint density at radius 2 is 1.50 bits per heavy atom. The molecule has 2 aromatic carbocycles. The molecule has 0 spiro atoms. The van der Waals surface area contributed by atoms with Gasteiger partial charge in [0.1, 0.15) is 0 Å². The number of fused-ring (bicyclic) bond motifs is 1. The summed E-state index contributed by atoms with van der Waals surface area (Å²) in [6.45, 7) is 0. The van der Waals surface area contributed by atoms with E-state index >= 15 is 0 Å². The second kappa shape index (κ2) is 9.29. The van der Waals surface area contributed by atoms with Crippen LogP contribution in [0.4, 0.5) is 26.3 Å². The Balaban J connectivity index is 1.64. The molecule has 1 aromatic heterocycles. The van der Waals surface area contributed by atoms with E-state index in [0.29, 0.717) is 23.9 Å². The molecule has 0 aliphatic heterocycles. The molecule has 0 radical (unpaired) electrons. The fourth-order valence-corrected chi connectivity index (χ4v) is 4.03. The summed E-state index contributed by atoms with van der Waals surface area (Å²) < 4.78 is 79.2. The van der Waals surface area contributed by atoms with Crippen LogP contribution in [0.5, 0.6) is 0 Å². The smallest absolute Gasteiger partial charge is 0.416 e. The molecule has 36 heavy (non-hydrogen) atoms. The molecule has 5 nitrogen and oxygen atoms in total. The van der Waals surface area contributed by atoms with E-state index in [-0.39, 0.29) is 34.8 Å². The Morgan fingerprint density at radius 3 is 2.11 bits per heavy atom. The highest BCUT2D eigenvalue weighted by Gasteiger charge is 2.37. The van der Waals surface area contributed by atoms with Crippen LogP contribution in [-0.2, 0) is 17.1 Å². The van der Waals surface area contributed by atoms with Crippen LogP contribution in [0.25, 0.3) is 22.2 Å². The average Bonchev–Trinajstić information content (AvgIpc) is 2.82. The van der Waals surface area contributed by atoms with Gasteiger partial charge in [-0.25, -0.2) is 4.98 Å². The normalized spacial score (nSPS) is 18.3. The summed E-state index contributed by atoms with van der Waals surface area (Å²) in [6, 6.07) is 7.63. The molecule has 0 saturated heterocycles. The van der Waals surface area contributed by atoms with E-state index in [1.54, 1.807) is 12.2 Å². The number of carbonyl (C=O) groups excluding carboxylic acids is 1. The van der Waals surface area contributed by atoms with E-state index in [1.807, 2.05) is 0 Å². The number of aromatic nitrogens is 1. The minimum atomic E-state index is -4.98. The minimum Gasteiger partial charge on any atom is -0.481 e. The molecule has 2 atom stereocenters. The highest BCUT2D eigenvalue weighted by molar-refractivity contribution is 5.98. The zero-order valence-corrected chi connectivity index (χ0v) is 18.3. The number of alkyl halides is 6. The molecular formula is C25H18F6N2O3. The first-order valence-corrected chi connectivity index (χ1v) is 10.7. The number of allylic oxidation sites excluding steroid dienone is 1. The van der Waals surface area contributed by atoms with Crippen LogP contribution >= 0.6 is 0 Å². The standard InChI is InChI=1S/C25H18F6N2O3/c26-24(27,28)16-10-15(11-17(12-16)25(29,30)31)20-7-5-13-9-14(6-8-19(13)32-20)22(34)33-21-4-2-1-3-18(21)23(35)36/h1-2,5-12,18,21H,3-4H2,(H,33,34)(H,35,36)/t18-,21+/m0/s1. The molecule has 1 aliphatic rings. The van der Waals surface area contributed by atoms with Gasteiger partial charge in [0.05, 0.1) is 28.3 Å². The maximum absolute atomic E-state index is 13.2. The number of amides is 1. The Hall–Kier alpha value is -3.89. The van der Waals surface area contributed by atoms with Gasteiger partial charge in [-0.3, -0.25) is 9.59 Å². The minimum absolute atomic E-state index is 0.0481. The monoisotopic (exact) mass is 508 g/mol. The highest BCUT2D eigenvalue weighted by atomic mass is 19.4. The number of pyridine rings is 1. The second-order valence-electron chi connectivity index (χ2n) is 8.37. The van der Waals surface area contributed by atoms with Gasteiger partial charge in [0.2, 0.25) is 0 Å². The number of halogens is 6. The van der Waals surface area contributed by atoms with Crippen molar-refractivity contribution in [3.8, 4) is 11.3 Å². The molecule has 0 saturated carbocycles. The summed E-state index contributed by atoms with van der Waals surface area (Å²) in [7, 11) is 0. The SMILES string of the molecule is O=C(N[C@@H]1CC=CC[C@@H]1C(=O)O)c1ccc2nc(-c3cc(C(F)(F)F)cc(C(F)(F)F)c3)ccc2c1. The van der Waals surface area contributed by atoms with Gasteiger partial charge in [0.15, 0.2) is 0 Å². The molecule has 1 heterocycles. The Morgan fingerprint density at radius 1 is 0.861 bits per heavy atom. The summed E-state index contributed by atoms with van der Waals surface area (Å²) in [5.41, 5.74) is -2.90. The van der Waals surface area contributed by atoms with E-state index in [1.165, 1.54) is 30.3 Å². The number of hydrogen-bond acceptors (Lipinski definition) is 3. The summed E-state index contributed by atoms with van der Waals surface area (Å²) in [5.74, 6) is -2.30. The lowest BCUT2D eigenvalue weighted by Gasteiger charge is -2.26. The number of carboxylic acids is 1. The molecule has 2 N–H and O–H groups in total. The zero-order chi connectivity index (χ0) is 26.3. The van der Waals surface area contributed by atoms with Gasteiger partial charge < -0.3 is 10.4 Å². The molecule has 3 aromatic rings. The van der Waals surface area contributed by atoms with E-state index in [9.17, 15) is 41.0 Å². The number of hydrogen-bond donors (Lipinski definition) is 2. The van der Waals surface area contributed by atoms with Crippen molar-refractivity contribution in [2.75, 3.05) is 0 Å². The Kier molecular flexibility index (Phi) is 6.50. The number of carbonyl (C=O) groups is 2. The van der Waals surface area contributed by atoms with Crippen molar-refractivity contribution in [3.05, 3.63) is 77.4 Å². The molecule has 1 aliphatic carbocycles. The van der Waals surface area contributed by atoms with Gasteiger partial charge in [-0.2, -0.15) is 26.3 Å². The summed E-state index contributed by atoms with van der Waals surface area (Å²) in [5, 5.41) is 12.5. The average molecular weight is 508 g/mol. The lowest BCUT2D eigenvalue weighted by Crippen LogP contribution is -2.44. The molecule has 4 rings (SSSR count). The van der Waals surface area contributed by atoms with Gasteiger partial charge >= 0.3 is 18.3 Å². The molecule has 188 valence electrons. The Labute approximate surface area is 200 Å². The summed E-state index contributed by atoms with van der Waals surface area (Å²) >= 11 is 0. The predicted molar refractivity (Wildman–Crippen MR) is 118 cm³/mol. The lowest BCUT2D eigenvalue weighted by molar-refractivity contribution is -0.144. The van der Waals surface area contributed by atoms with Crippen molar-refractivity contribution in [1.82, 2.24) is 10.3 Å². The number of nitrogens with zero attached hydrogens (tertiary/aromatic N) is 1.